The molecule has 0 saturated heterocycles. The molecule has 146 valence electrons. The third-order valence-corrected chi connectivity index (χ3v) is 5.92. The number of fused-ring (bicyclic) bond motifs is 1. The average molecular weight is 404 g/mol. The van der Waals surface area contributed by atoms with Crippen LogP contribution < -0.4 is 11.2 Å². The summed E-state index contributed by atoms with van der Waals surface area (Å²) in [5, 5.41) is 0.946. The number of rotatable bonds is 4. The lowest BCUT2D eigenvalue weighted by Crippen LogP contribution is -2.37. The van der Waals surface area contributed by atoms with Crippen molar-refractivity contribution in [1.82, 2.24) is 19.1 Å². The molecule has 0 unspecified atom stereocenters. The molecule has 0 aliphatic carbocycles. The molecule has 0 N–H and O–H groups in total. The molecule has 0 saturated carbocycles. The van der Waals surface area contributed by atoms with Crippen molar-refractivity contribution in [2.45, 2.75) is 17.7 Å². The van der Waals surface area contributed by atoms with Crippen LogP contribution in [0.15, 0.2) is 69.2 Å². The van der Waals surface area contributed by atoms with Crippen LogP contribution in [0.25, 0.3) is 22.4 Å². The van der Waals surface area contributed by atoms with Gasteiger partial charge in [0.05, 0.1) is 0 Å². The van der Waals surface area contributed by atoms with Crippen molar-refractivity contribution in [2.24, 2.45) is 14.1 Å². The number of nitrogens with zero attached hydrogens (tertiary/aromatic N) is 4. The fraction of sp³-hybridized carbons (Fsp3) is 0.182. The van der Waals surface area contributed by atoms with Crippen molar-refractivity contribution in [3.8, 4) is 11.4 Å². The van der Waals surface area contributed by atoms with E-state index in [1.54, 1.807) is 7.05 Å². The van der Waals surface area contributed by atoms with E-state index in [4.69, 9.17) is 4.98 Å². The lowest BCUT2D eigenvalue weighted by molar-refractivity contribution is 0.703. The van der Waals surface area contributed by atoms with Gasteiger partial charge in [-0.25, -0.2) is 14.8 Å². The average Bonchev–Trinajstić information content (AvgIpc) is 2.75. The Bertz CT molecular complexity index is 1330. The molecule has 0 atom stereocenters. The van der Waals surface area contributed by atoms with Crippen molar-refractivity contribution < 1.29 is 0 Å². The van der Waals surface area contributed by atoms with Crippen LogP contribution in [-0.4, -0.2) is 19.1 Å². The first-order valence-electron chi connectivity index (χ1n) is 9.18. The zero-order chi connectivity index (χ0) is 20.5. The van der Waals surface area contributed by atoms with Crippen LogP contribution in [0.1, 0.15) is 11.1 Å². The number of thioether (sulfide) groups is 1. The smallest absolute Gasteiger partial charge is 0.280 e. The molecule has 0 fully saturated rings. The summed E-state index contributed by atoms with van der Waals surface area (Å²) in [6.45, 7) is 1.99. The van der Waals surface area contributed by atoms with Gasteiger partial charge in [-0.05, 0) is 18.1 Å². The standard InChI is InChI=1S/C22H20N4O2S/c1-14-9-7-8-12-16(14)18-23-19-17(21(27)26(3)22(28)25(19)2)20(24-18)29-13-15-10-5-4-6-11-15/h4-12H,13H2,1-3H3. The first kappa shape index (κ1) is 19.1. The first-order chi connectivity index (χ1) is 14.0. The zero-order valence-corrected chi connectivity index (χ0v) is 17.2. The second-order valence-corrected chi connectivity index (χ2v) is 7.81. The van der Waals surface area contributed by atoms with Crippen LogP contribution in [0.2, 0.25) is 0 Å². The summed E-state index contributed by atoms with van der Waals surface area (Å²) in [5.74, 6) is 1.17. The van der Waals surface area contributed by atoms with Crippen LogP contribution in [0.3, 0.4) is 0 Å². The van der Waals surface area contributed by atoms with E-state index in [-0.39, 0.29) is 5.56 Å². The number of aryl methyl sites for hydroxylation is 2. The third kappa shape index (κ3) is 3.49. The summed E-state index contributed by atoms with van der Waals surface area (Å²) >= 11 is 1.48. The molecular weight excluding hydrogens is 384 g/mol. The maximum absolute atomic E-state index is 12.9. The molecule has 4 aromatic rings. The van der Waals surface area contributed by atoms with Gasteiger partial charge in [-0.3, -0.25) is 13.9 Å². The highest BCUT2D eigenvalue weighted by atomic mass is 32.2. The Balaban J connectivity index is 1.97. The molecule has 29 heavy (non-hydrogen) atoms. The predicted octanol–water partition coefficient (Wildman–Crippen LogP) is 3.29. The van der Waals surface area contributed by atoms with Crippen LogP contribution >= 0.6 is 11.8 Å². The summed E-state index contributed by atoms with van der Waals surface area (Å²) in [6, 6.07) is 17.8. The Hall–Kier alpha value is -3.19. The molecule has 0 aliphatic rings. The Morgan fingerprint density at radius 2 is 1.59 bits per heavy atom. The quantitative estimate of drug-likeness (QED) is 0.386. The van der Waals surface area contributed by atoms with Crippen LogP contribution in [0, 0.1) is 6.92 Å². The Morgan fingerprint density at radius 3 is 2.31 bits per heavy atom. The van der Waals surface area contributed by atoms with Crippen molar-refractivity contribution in [3.05, 3.63) is 86.6 Å². The van der Waals surface area contributed by atoms with Gasteiger partial charge >= 0.3 is 5.69 Å². The number of hydrogen-bond donors (Lipinski definition) is 0. The second kappa shape index (κ2) is 7.67. The highest BCUT2D eigenvalue weighted by molar-refractivity contribution is 7.98. The van der Waals surface area contributed by atoms with E-state index in [0.29, 0.717) is 27.6 Å². The van der Waals surface area contributed by atoms with Crippen LogP contribution in [0.4, 0.5) is 0 Å². The second-order valence-electron chi connectivity index (χ2n) is 6.85. The van der Waals surface area contributed by atoms with Gasteiger partial charge in [0.25, 0.3) is 5.56 Å². The number of hydrogen-bond acceptors (Lipinski definition) is 5. The van der Waals surface area contributed by atoms with Crippen molar-refractivity contribution in [2.75, 3.05) is 0 Å². The fourth-order valence-corrected chi connectivity index (χ4v) is 4.17. The lowest BCUT2D eigenvalue weighted by atomic mass is 10.1. The molecule has 2 heterocycles. The topological polar surface area (TPSA) is 69.8 Å². The van der Waals surface area contributed by atoms with Crippen molar-refractivity contribution in [3.63, 3.8) is 0 Å². The first-order valence-corrected chi connectivity index (χ1v) is 10.2. The maximum Gasteiger partial charge on any atom is 0.332 e. The van der Waals surface area contributed by atoms with E-state index in [9.17, 15) is 9.59 Å². The Morgan fingerprint density at radius 1 is 0.897 bits per heavy atom. The van der Waals surface area contributed by atoms with Gasteiger partial charge in [0.1, 0.15) is 10.4 Å². The van der Waals surface area contributed by atoms with Gasteiger partial charge in [-0.1, -0.05) is 54.6 Å². The SMILES string of the molecule is Cc1ccccc1-c1nc(SCc2ccccc2)c2c(=O)n(C)c(=O)n(C)c2n1. The summed E-state index contributed by atoms with van der Waals surface area (Å²) in [7, 11) is 3.11. The molecule has 0 aliphatic heterocycles. The molecule has 2 aromatic carbocycles. The maximum atomic E-state index is 12.9. The minimum Gasteiger partial charge on any atom is -0.280 e. The Kier molecular flexibility index (Phi) is 5.07. The van der Waals surface area contributed by atoms with Gasteiger partial charge in [0.15, 0.2) is 11.5 Å². The van der Waals surface area contributed by atoms with E-state index in [1.165, 1.54) is 23.4 Å². The largest absolute Gasteiger partial charge is 0.332 e. The predicted molar refractivity (Wildman–Crippen MR) is 116 cm³/mol. The molecule has 2 aromatic heterocycles. The van der Waals surface area contributed by atoms with Crippen molar-refractivity contribution >= 4 is 22.8 Å². The van der Waals surface area contributed by atoms with Gasteiger partial charge in [0.2, 0.25) is 0 Å². The monoisotopic (exact) mass is 404 g/mol. The molecule has 0 bridgehead atoms. The molecule has 0 radical (unpaired) electrons. The number of aromatic nitrogens is 4. The lowest BCUT2D eigenvalue weighted by Gasteiger charge is -2.13. The molecular formula is C22H20N4O2S. The summed E-state index contributed by atoms with van der Waals surface area (Å²) in [4.78, 5) is 34.7. The Labute approximate surface area is 171 Å². The summed E-state index contributed by atoms with van der Waals surface area (Å²) in [5.41, 5.74) is 2.60. The van der Waals surface area contributed by atoms with Crippen molar-refractivity contribution in [1.29, 1.82) is 0 Å². The molecule has 4 rings (SSSR count). The summed E-state index contributed by atoms with van der Waals surface area (Å²) < 4.78 is 2.51. The normalized spacial score (nSPS) is 11.1. The van der Waals surface area contributed by atoms with Crippen LogP contribution in [0.5, 0.6) is 0 Å². The minimum atomic E-state index is -0.407. The van der Waals surface area contributed by atoms with E-state index in [2.05, 4.69) is 4.98 Å². The van der Waals surface area contributed by atoms with E-state index in [1.807, 2.05) is 61.5 Å². The highest BCUT2D eigenvalue weighted by Crippen LogP contribution is 2.29. The molecule has 0 amide bonds. The van der Waals surface area contributed by atoms with E-state index in [0.717, 1.165) is 21.3 Å². The van der Waals surface area contributed by atoms with Gasteiger partial charge in [-0.2, -0.15) is 0 Å². The third-order valence-electron chi connectivity index (χ3n) is 4.87. The highest BCUT2D eigenvalue weighted by Gasteiger charge is 2.18. The number of benzene rings is 2. The van der Waals surface area contributed by atoms with E-state index < -0.39 is 5.69 Å². The van der Waals surface area contributed by atoms with Gasteiger partial charge in [0, 0.05) is 25.4 Å². The molecule has 0 spiro atoms. The zero-order valence-electron chi connectivity index (χ0n) is 16.4. The summed E-state index contributed by atoms with van der Waals surface area (Å²) in [6.07, 6.45) is 0. The van der Waals surface area contributed by atoms with Gasteiger partial charge < -0.3 is 0 Å². The minimum absolute atomic E-state index is 0.349. The van der Waals surface area contributed by atoms with Crippen LogP contribution in [-0.2, 0) is 19.8 Å². The van der Waals surface area contributed by atoms with Gasteiger partial charge in [-0.15, -0.1) is 11.8 Å². The van der Waals surface area contributed by atoms with E-state index >= 15 is 0 Å². The fourth-order valence-electron chi connectivity index (χ4n) is 3.20. The molecule has 6 nitrogen and oxygen atoms in total. The molecule has 7 heteroatoms.